The van der Waals surface area contributed by atoms with E-state index in [9.17, 15) is 14.0 Å². The van der Waals surface area contributed by atoms with Gasteiger partial charge in [-0.15, -0.1) is 0 Å². The molecule has 33 heavy (non-hydrogen) atoms. The van der Waals surface area contributed by atoms with E-state index in [4.69, 9.17) is 0 Å². The lowest BCUT2D eigenvalue weighted by atomic mass is 10.1. The van der Waals surface area contributed by atoms with Gasteiger partial charge < -0.3 is 10.2 Å². The molecule has 0 radical (unpaired) electrons. The molecule has 8 heteroatoms. The van der Waals surface area contributed by atoms with Gasteiger partial charge in [0, 0.05) is 24.1 Å². The van der Waals surface area contributed by atoms with Crippen molar-refractivity contribution < 1.29 is 14.0 Å². The molecule has 4 aromatic rings. The van der Waals surface area contributed by atoms with Crippen molar-refractivity contribution in [3.8, 4) is 22.8 Å². The van der Waals surface area contributed by atoms with Crippen LogP contribution in [0.1, 0.15) is 6.42 Å². The molecule has 2 heterocycles. The molecule has 1 aliphatic rings. The van der Waals surface area contributed by atoms with Crippen LogP contribution in [0.25, 0.3) is 22.8 Å². The van der Waals surface area contributed by atoms with E-state index < -0.39 is 11.7 Å². The normalized spacial score (nSPS) is 15.6. The van der Waals surface area contributed by atoms with Crippen molar-refractivity contribution in [3.05, 3.63) is 84.7 Å². The van der Waals surface area contributed by atoms with Crippen LogP contribution in [-0.2, 0) is 9.59 Å². The number of nitrogens with one attached hydrogen (secondary N) is 2. The molecule has 1 aromatic heterocycles. The molecule has 1 saturated heterocycles. The number of aromatic amines is 1. The van der Waals surface area contributed by atoms with Crippen LogP contribution >= 0.6 is 0 Å². The van der Waals surface area contributed by atoms with E-state index in [2.05, 4.69) is 20.5 Å². The number of benzene rings is 3. The Hall–Kier alpha value is -4.33. The number of carbonyl (C=O) groups excluding carboxylic acids is 2. The largest absolute Gasteiger partial charge is 0.325 e. The molecule has 2 amide bonds. The first-order valence-electron chi connectivity index (χ1n) is 10.5. The molecule has 3 aromatic carbocycles. The Labute approximate surface area is 189 Å². The Morgan fingerprint density at radius 3 is 2.55 bits per heavy atom. The molecule has 1 unspecified atom stereocenters. The van der Waals surface area contributed by atoms with Crippen molar-refractivity contribution in [2.24, 2.45) is 5.92 Å². The molecular formula is C25H20FN5O2. The van der Waals surface area contributed by atoms with Gasteiger partial charge in [0.1, 0.15) is 5.82 Å². The highest BCUT2D eigenvalue weighted by Crippen LogP contribution is 2.30. The van der Waals surface area contributed by atoms with Gasteiger partial charge in [0.25, 0.3) is 0 Å². The molecule has 2 N–H and O–H groups in total. The number of H-pyrrole nitrogens is 1. The summed E-state index contributed by atoms with van der Waals surface area (Å²) in [5, 5.41) is 10.1. The van der Waals surface area contributed by atoms with Gasteiger partial charge in [-0.2, -0.15) is 5.10 Å². The summed E-state index contributed by atoms with van der Waals surface area (Å²) in [5.74, 6) is -0.612. The number of nitrogens with zero attached hydrogens (tertiary/aromatic N) is 3. The maximum atomic E-state index is 14.1. The molecule has 0 bridgehead atoms. The first-order chi connectivity index (χ1) is 16.1. The standard InChI is InChI=1S/C25H20FN5O2/c26-19-11-5-7-13-21(19)31-15-17(14-22(31)32)25(33)27-20-12-6-4-10-18(20)24-28-23(29-30-24)16-8-2-1-3-9-16/h1-13,17H,14-15H2,(H,27,33)(H,28,29,30). The van der Waals surface area contributed by atoms with E-state index in [1.807, 2.05) is 42.5 Å². The van der Waals surface area contributed by atoms with Gasteiger partial charge in [0.2, 0.25) is 11.8 Å². The van der Waals surface area contributed by atoms with Gasteiger partial charge in [-0.3, -0.25) is 14.7 Å². The summed E-state index contributed by atoms with van der Waals surface area (Å²) in [6.07, 6.45) is 0.0167. The van der Waals surface area contributed by atoms with Crippen LogP contribution in [0.5, 0.6) is 0 Å². The number of rotatable bonds is 5. The fourth-order valence-corrected chi connectivity index (χ4v) is 3.92. The number of aromatic nitrogens is 3. The maximum absolute atomic E-state index is 14.1. The van der Waals surface area contributed by atoms with Crippen molar-refractivity contribution in [1.29, 1.82) is 0 Å². The second kappa shape index (κ2) is 8.66. The van der Waals surface area contributed by atoms with Crippen LogP contribution in [0.3, 0.4) is 0 Å². The van der Waals surface area contributed by atoms with Crippen LogP contribution in [0, 0.1) is 11.7 Å². The summed E-state index contributed by atoms with van der Waals surface area (Å²) in [7, 11) is 0. The number of halogens is 1. The lowest BCUT2D eigenvalue weighted by molar-refractivity contribution is -0.122. The van der Waals surface area contributed by atoms with Crippen molar-refractivity contribution in [2.75, 3.05) is 16.8 Å². The lowest BCUT2D eigenvalue weighted by Gasteiger charge is -2.17. The fourth-order valence-electron chi connectivity index (χ4n) is 3.92. The quantitative estimate of drug-likeness (QED) is 0.484. The Morgan fingerprint density at radius 2 is 1.73 bits per heavy atom. The number of carbonyl (C=O) groups is 2. The number of hydrogen-bond acceptors (Lipinski definition) is 4. The molecule has 0 saturated carbocycles. The summed E-state index contributed by atoms with van der Waals surface area (Å²) in [6.45, 7) is 0.119. The molecular weight excluding hydrogens is 421 g/mol. The van der Waals surface area contributed by atoms with Crippen molar-refractivity contribution in [1.82, 2.24) is 15.2 Å². The van der Waals surface area contributed by atoms with Crippen LogP contribution in [0.2, 0.25) is 0 Å². The zero-order valence-electron chi connectivity index (χ0n) is 17.5. The van der Waals surface area contributed by atoms with Gasteiger partial charge in [-0.05, 0) is 24.3 Å². The Kier molecular flexibility index (Phi) is 5.40. The van der Waals surface area contributed by atoms with Gasteiger partial charge in [0.15, 0.2) is 11.6 Å². The van der Waals surface area contributed by atoms with Gasteiger partial charge >= 0.3 is 0 Å². The summed E-state index contributed by atoms with van der Waals surface area (Å²) in [4.78, 5) is 31.4. The minimum Gasteiger partial charge on any atom is -0.325 e. The molecule has 0 spiro atoms. The minimum absolute atomic E-state index is 0.0167. The smallest absolute Gasteiger partial charge is 0.229 e. The molecule has 5 rings (SSSR count). The van der Waals surface area contributed by atoms with Crippen LogP contribution < -0.4 is 10.2 Å². The number of hydrogen-bond donors (Lipinski definition) is 2. The predicted octanol–water partition coefficient (Wildman–Crippen LogP) is 4.27. The van der Waals surface area contributed by atoms with E-state index in [0.29, 0.717) is 22.9 Å². The number of para-hydroxylation sites is 2. The van der Waals surface area contributed by atoms with Crippen LogP contribution in [0.4, 0.5) is 15.8 Å². The molecule has 7 nitrogen and oxygen atoms in total. The number of amides is 2. The third-order valence-electron chi connectivity index (χ3n) is 5.60. The molecule has 1 fully saturated rings. The van der Waals surface area contributed by atoms with E-state index in [1.165, 1.54) is 17.0 Å². The van der Waals surface area contributed by atoms with Crippen LogP contribution in [0.15, 0.2) is 78.9 Å². The first kappa shape index (κ1) is 20.6. The van der Waals surface area contributed by atoms with Crippen molar-refractivity contribution >= 4 is 23.2 Å². The van der Waals surface area contributed by atoms with Crippen LogP contribution in [-0.4, -0.2) is 33.5 Å². The highest BCUT2D eigenvalue weighted by Gasteiger charge is 2.36. The van der Waals surface area contributed by atoms with E-state index in [0.717, 1.165) is 5.56 Å². The molecule has 0 aliphatic carbocycles. The highest BCUT2D eigenvalue weighted by molar-refractivity contribution is 6.04. The van der Waals surface area contributed by atoms with Gasteiger partial charge in [-0.1, -0.05) is 54.6 Å². The average Bonchev–Trinajstić information content (AvgIpc) is 3.48. The Morgan fingerprint density at radius 1 is 1.00 bits per heavy atom. The summed E-state index contributed by atoms with van der Waals surface area (Å²) < 4.78 is 14.1. The monoisotopic (exact) mass is 441 g/mol. The molecule has 164 valence electrons. The zero-order chi connectivity index (χ0) is 22.8. The molecule has 1 atom stereocenters. The SMILES string of the molecule is O=C(Nc1ccccc1-c1nc(-c2ccccc2)n[nH]1)C1CC(=O)N(c2ccccc2F)C1. The third kappa shape index (κ3) is 4.10. The van der Waals surface area contributed by atoms with E-state index in [1.54, 1.807) is 24.3 Å². The zero-order valence-corrected chi connectivity index (χ0v) is 17.5. The maximum Gasteiger partial charge on any atom is 0.229 e. The highest BCUT2D eigenvalue weighted by atomic mass is 19.1. The fraction of sp³-hybridized carbons (Fsp3) is 0.120. The first-order valence-corrected chi connectivity index (χ1v) is 10.5. The average molecular weight is 441 g/mol. The lowest BCUT2D eigenvalue weighted by Crippen LogP contribution is -2.28. The Bertz CT molecular complexity index is 1320. The summed E-state index contributed by atoms with van der Waals surface area (Å²) >= 11 is 0. The predicted molar refractivity (Wildman–Crippen MR) is 123 cm³/mol. The second-order valence-corrected chi connectivity index (χ2v) is 7.77. The second-order valence-electron chi connectivity index (χ2n) is 7.77. The van der Waals surface area contributed by atoms with E-state index >= 15 is 0 Å². The summed E-state index contributed by atoms with van der Waals surface area (Å²) in [6, 6.07) is 22.9. The number of anilines is 2. The topological polar surface area (TPSA) is 91.0 Å². The minimum atomic E-state index is -0.597. The van der Waals surface area contributed by atoms with E-state index in [-0.39, 0.29) is 30.5 Å². The van der Waals surface area contributed by atoms with Gasteiger partial charge in [0.05, 0.1) is 17.3 Å². The molecule has 1 aliphatic heterocycles. The Balaban J connectivity index is 1.35. The van der Waals surface area contributed by atoms with Crippen molar-refractivity contribution in [3.63, 3.8) is 0 Å². The third-order valence-corrected chi connectivity index (χ3v) is 5.60. The summed E-state index contributed by atoms with van der Waals surface area (Å²) in [5.41, 5.74) is 2.29. The van der Waals surface area contributed by atoms with Gasteiger partial charge in [-0.25, -0.2) is 9.37 Å². The van der Waals surface area contributed by atoms with Crippen molar-refractivity contribution in [2.45, 2.75) is 6.42 Å².